The molecule has 2 unspecified atom stereocenters. The second-order valence-corrected chi connectivity index (χ2v) is 22.1. The highest BCUT2D eigenvalue weighted by atomic mass is 16.5. The molecule has 71 heavy (non-hydrogen) atoms. The van der Waals surface area contributed by atoms with E-state index in [2.05, 4.69) is 31.3 Å². The molecular weight excluding hydrogens is 875 g/mol. The van der Waals surface area contributed by atoms with Gasteiger partial charge in [0.1, 0.15) is 0 Å². The summed E-state index contributed by atoms with van der Waals surface area (Å²) < 4.78 is 5.48. The summed E-state index contributed by atoms with van der Waals surface area (Å²) in [6, 6.07) is -0.634. The molecule has 0 aliphatic heterocycles. The van der Waals surface area contributed by atoms with Gasteiger partial charge >= 0.3 is 5.97 Å². The molecule has 0 radical (unpaired) electrons. The zero-order valence-electron chi connectivity index (χ0n) is 48.0. The van der Waals surface area contributed by atoms with Gasteiger partial charge in [0.2, 0.25) is 5.91 Å². The van der Waals surface area contributed by atoms with Crippen molar-refractivity contribution in [2.24, 2.45) is 0 Å². The van der Waals surface area contributed by atoms with Gasteiger partial charge in [-0.1, -0.05) is 308 Å². The van der Waals surface area contributed by atoms with E-state index < -0.39 is 12.1 Å². The van der Waals surface area contributed by atoms with Crippen LogP contribution < -0.4 is 5.32 Å². The molecule has 0 rings (SSSR count). The van der Waals surface area contributed by atoms with Crippen LogP contribution in [0.3, 0.4) is 0 Å². The van der Waals surface area contributed by atoms with Crippen LogP contribution in [0.1, 0.15) is 354 Å². The minimum Gasteiger partial charge on any atom is -0.466 e. The third-order valence-corrected chi connectivity index (χ3v) is 15.0. The van der Waals surface area contributed by atoms with Crippen molar-refractivity contribution in [2.45, 2.75) is 366 Å². The summed E-state index contributed by atoms with van der Waals surface area (Å²) in [7, 11) is 0. The van der Waals surface area contributed by atoms with Crippen LogP contribution in [0.5, 0.6) is 0 Å². The van der Waals surface area contributed by atoms with Crippen molar-refractivity contribution < 1.29 is 24.5 Å². The predicted octanol–water partition coefficient (Wildman–Crippen LogP) is 20.2. The average molecular weight is 1000 g/mol. The molecule has 0 aromatic rings. The number of nitrogens with one attached hydrogen (secondary N) is 1. The standard InChI is InChI=1S/C65H125NO5/c1-3-5-7-9-11-13-15-17-19-20-21-22-23-24-25-26-30-33-37-41-45-49-53-57-63(68)62(61-67)66-64(69)58-54-50-46-42-38-34-31-27-28-32-36-40-44-48-52-56-60-71-65(70)59-55-51-47-43-39-35-29-18-16-14-12-10-8-6-4-2/h18,29,53,57,62-63,67-68H,3-17,19-28,30-52,54-56,58-61H2,1-2H3,(H,66,69)/b29-18-,57-53+. The molecular formula is C65H125NO5. The third-order valence-electron chi connectivity index (χ3n) is 15.0. The first-order chi connectivity index (χ1) is 35.0. The number of ether oxygens (including phenoxy) is 1. The van der Waals surface area contributed by atoms with Gasteiger partial charge in [0, 0.05) is 12.8 Å². The first-order valence-electron chi connectivity index (χ1n) is 32.1. The van der Waals surface area contributed by atoms with Crippen LogP contribution >= 0.6 is 0 Å². The molecule has 0 aliphatic carbocycles. The Balaban J connectivity index is 3.45. The molecule has 0 fully saturated rings. The molecule has 3 N–H and O–H groups in total. The van der Waals surface area contributed by atoms with Crippen molar-refractivity contribution in [3.8, 4) is 0 Å². The van der Waals surface area contributed by atoms with Crippen LogP contribution in [0.2, 0.25) is 0 Å². The lowest BCUT2D eigenvalue weighted by Crippen LogP contribution is -2.45. The maximum Gasteiger partial charge on any atom is 0.305 e. The van der Waals surface area contributed by atoms with Gasteiger partial charge in [0.15, 0.2) is 0 Å². The van der Waals surface area contributed by atoms with Crippen molar-refractivity contribution in [2.75, 3.05) is 13.2 Å². The van der Waals surface area contributed by atoms with Gasteiger partial charge in [0.25, 0.3) is 0 Å². The van der Waals surface area contributed by atoms with Gasteiger partial charge in [-0.2, -0.15) is 0 Å². The van der Waals surface area contributed by atoms with Crippen molar-refractivity contribution in [3.05, 3.63) is 24.3 Å². The monoisotopic (exact) mass is 1000 g/mol. The molecule has 2 atom stereocenters. The van der Waals surface area contributed by atoms with Crippen molar-refractivity contribution in [3.63, 3.8) is 0 Å². The summed E-state index contributed by atoms with van der Waals surface area (Å²) in [5, 5.41) is 23.2. The fraction of sp³-hybridized carbons (Fsp3) is 0.908. The molecule has 0 aromatic heterocycles. The Labute approximate surface area is 443 Å². The van der Waals surface area contributed by atoms with Crippen LogP contribution in [-0.2, 0) is 14.3 Å². The second-order valence-electron chi connectivity index (χ2n) is 22.1. The summed E-state index contributed by atoms with van der Waals surface area (Å²) >= 11 is 0. The molecule has 6 nitrogen and oxygen atoms in total. The Morgan fingerprint density at radius 3 is 1.00 bits per heavy atom. The zero-order chi connectivity index (χ0) is 51.4. The topological polar surface area (TPSA) is 95.9 Å². The number of hydrogen-bond acceptors (Lipinski definition) is 5. The molecule has 0 aromatic carbocycles. The lowest BCUT2D eigenvalue weighted by Gasteiger charge is -2.20. The summed E-state index contributed by atoms with van der Waals surface area (Å²) in [6.45, 7) is 4.91. The van der Waals surface area contributed by atoms with E-state index in [1.54, 1.807) is 6.08 Å². The largest absolute Gasteiger partial charge is 0.466 e. The van der Waals surface area contributed by atoms with Gasteiger partial charge in [-0.25, -0.2) is 0 Å². The van der Waals surface area contributed by atoms with Crippen molar-refractivity contribution in [1.82, 2.24) is 5.32 Å². The smallest absolute Gasteiger partial charge is 0.305 e. The van der Waals surface area contributed by atoms with E-state index in [4.69, 9.17) is 4.74 Å². The quantitative estimate of drug-likeness (QED) is 0.0320. The van der Waals surface area contributed by atoms with E-state index in [-0.39, 0.29) is 18.5 Å². The highest BCUT2D eigenvalue weighted by Gasteiger charge is 2.18. The van der Waals surface area contributed by atoms with E-state index in [1.165, 1.54) is 283 Å². The van der Waals surface area contributed by atoms with Crippen LogP contribution in [0.4, 0.5) is 0 Å². The number of amides is 1. The molecule has 0 aliphatic rings. The van der Waals surface area contributed by atoms with Crippen molar-refractivity contribution >= 4 is 11.9 Å². The van der Waals surface area contributed by atoms with Crippen LogP contribution in [-0.4, -0.2) is 47.4 Å². The Kier molecular flexibility index (Phi) is 59.5. The summed E-state index contributed by atoms with van der Waals surface area (Å²) in [4.78, 5) is 24.6. The summed E-state index contributed by atoms with van der Waals surface area (Å²) in [5.41, 5.74) is 0. The van der Waals surface area contributed by atoms with E-state index in [0.717, 1.165) is 44.9 Å². The maximum atomic E-state index is 12.5. The van der Waals surface area contributed by atoms with Gasteiger partial charge < -0.3 is 20.3 Å². The first kappa shape index (κ1) is 69.3. The number of allylic oxidation sites excluding steroid dienone is 3. The van der Waals surface area contributed by atoms with Gasteiger partial charge in [-0.05, 0) is 57.8 Å². The predicted molar refractivity (Wildman–Crippen MR) is 310 cm³/mol. The summed E-state index contributed by atoms with van der Waals surface area (Å²) in [5.74, 6) is -0.0763. The Morgan fingerprint density at radius 1 is 0.380 bits per heavy atom. The lowest BCUT2D eigenvalue weighted by atomic mass is 10.0. The maximum absolute atomic E-state index is 12.5. The Bertz CT molecular complexity index is 1110. The molecule has 1 amide bonds. The number of unbranched alkanes of at least 4 members (excludes halogenated alkanes) is 47. The number of esters is 1. The Hall–Kier alpha value is -1.66. The van der Waals surface area contributed by atoms with Crippen LogP contribution in [0.15, 0.2) is 24.3 Å². The number of aliphatic hydroxyl groups excluding tert-OH is 2. The van der Waals surface area contributed by atoms with Gasteiger partial charge in [-0.15, -0.1) is 0 Å². The Morgan fingerprint density at radius 2 is 0.662 bits per heavy atom. The first-order valence-corrected chi connectivity index (χ1v) is 32.1. The SMILES string of the molecule is CCCCCCCC/C=C\CCCCCCCC(=O)OCCCCCCCCCCCCCCCCCCC(=O)NC(CO)C(O)/C=C/CCCCCCCCCCCCCCCCCCCCCCC. The lowest BCUT2D eigenvalue weighted by molar-refractivity contribution is -0.143. The van der Waals surface area contributed by atoms with Crippen molar-refractivity contribution in [1.29, 1.82) is 0 Å². The van der Waals surface area contributed by atoms with E-state index >= 15 is 0 Å². The number of carbonyl (C=O) groups is 2. The van der Waals surface area contributed by atoms with E-state index in [9.17, 15) is 19.8 Å². The number of rotatable bonds is 60. The molecule has 6 heteroatoms. The number of hydrogen-bond donors (Lipinski definition) is 3. The van der Waals surface area contributed by atoms with Gasteiger partial charge in [-0.3, -0.25) is 9.59 Å². The third kappa shape index (κ3) is 57.5. The molecule has 420 valence electrons. The minimum atomic E-state index is -0.850. The molecule has 0 heterocycles. The second kappa shape index (κ2) is 60.9. The highest BCUT2D eigenvalue weighted by molar-refractivity contribution is 5.76. The fourth-order valence-electron chi connectivity index (χ4n) is 10.0. The number of carbonyl (C=O) groups excluding carboxylic acids is 2. The fourth-order valence-corrected chi connectivity index (χ4v) is 10.0. The molecule has 0 bridgehead atoms. The zero-order valence-corrected chi connectivity index (χ0v) is 48.0. The van der Waals surface area contributed by atoms with Gasteiger partial charge in [0.05, 0.1) is 25.4 Å². The molecule has 0 spiro atoms. The van der Waals surface area contributed by atoms with Crippen LogP contribution in [0, 0.1) is 0 Å². The molecule has 0 saturated carbocycles. The van der Waals surface area contributed by atoms with Crippen LogP contribution in [0.25, 0.3) is 0 Å². The number of aliphatic hydroxyl groups is 2. The van der Waals surface area contributed by atoms with E-state index in [1.807, 2.05) is 6.08 Å². The minimum absolute atomic E-state index is 0.00496. The highest BCUT2D eigenvalue weighted by Crippen LogP contribution is 2.18. The average Bonchev–Trinajstić information content (AvgIpc) is 3.37. The molecule has 0 saturated heterocycles. The normalized spacial score (nSPS) is 12.7. The summed E-state index contributed by atoms with van der Waals surface area (Å²) in [6.07, 6.45) is 75.0. The van der Waals surface area contributed by atoms with E-state index in [0.29, 0.717) is 19.4 Å².